The van der Waals surface area contributed by atoms with Crippen molar-refractivity contribution in [1.82, 2.24) is 24.5 Å². The van der Waals surface area contributed by atoms with E-state index in [9.17, 15) is 0 Å². The van der Waals surface area contributed by atoms with E-state index in [4.69, 9.17) is 19.9 Å². The van der Waals surface area contributed by atoms with Crippen LogP contribution in [0.2, 0.25) is 0 Å². The topological polar surface area (TPSA) is 56.5 Å². The molecule has 0 atom stereocenters. The SMILES string of the molecule is c1ccc(-c2nc(-c3ccccc3)nc(-c3c(-c4ccc(-c5nc6ccccc6n5-c5ccccc5)cc4)c4ccccc4c4ccccc34)n2)cc1. The highest BCUT2D eigenvalue weighted by Crippen LogP contribution is 2.44. The van der Waals surface area contributed by atoms with Crippen molar-refractivity contribution in [2.45, 2.75) is 0 Å². The Labute approximate surface area is 306 Å². The molecule has 248 valence electrons. The van der Waals surface area contributed by atoms with Crippen molar-refractivity contribution in [3.63, 3.8) is 0 Å². The van der Waals surface area contributed by atoms with Crippen LogP contribution >= 0.6 is 0 Å². The third-order valence-electron chi connectivity index (χ3n) is 9.86. The summed E-state index contributed by atoms with van der Waals surface area (Å²) in [6.07, 6.45) is 0. The zero-order valence-corrected chi connectivity index (χ0v) is 28.6. The van der Waals surface area contributed by atoms with E-state index in [2.05, 4.69) is 144 Å². The van der Waals surface area contributed by atoms with Crippen LogP contribution in [-0.4, -0.2) is 24.5 Å². The lowest BCUT2D eigenvalue weighted by atomic mass is 9.87. The molecule has 0 N–H and O–H groups in total. The van der Waals surface area contributed by atoms with Crippen LogP contribution in [0.4, 0.5) is 0 Å². The molecule has 0 amide bonds. The van der Waals surface area contributed by atoms with Gasteiger partial charge in [-0.15, -0.1) is 0 Å². The summed E-state index contributed by atoms with van der Waals surface area (Å²) in [6.45, 7) is 0. The van der Waals surface area contributed by atoms with E-state index in [1.54, 1.807) is 0 Å². The summed E-state index contributed by atoms with van der Waals surface area (Å²) in [5, 5.41) is 4.55. The number of rotatable bonds is 6. The first kappa shape index (κ1) is 30.6. The highest BCUT2D eigenvalue weighted by atomic mass is 15.1. The molecule has 5 heteroatoms. The van der Waals surface area contributed by atoms with Crippen molar-refractivity contribution < 1.29 is 0 Å². The highest BCUT2D eigenvalue weighted by Gasteiger charge is 2.22. The summed E-state index contributed by atoms with van der Waals surface area (Å²) in [6, 6.07) is 65.0. The monoisotopic (exact) mass is 677 g/mol. The summed E-state index contributed by atoms with van der Waals surface area (Å²) < 4.78 is 2.24. The Bertz CT molecular complexity index is 2860. The molecule has 0 aliphatic carbocycles. The molecule has 0 fully saturated rings. The first-order valence-electron chi connectivity index (χ1n) is 17.7. The first-order valence-corrected chi connectivity index (χ1v) is 17.7. The maximum Gasteiger partial charge on any atom is 0.165 e. The van der Waals surface area contributed by atoms with Gasteiger partial charge in [0, 0.05) is 33.5 Å². The van der Waals surface area contributed by atoms with Crippen LogP contribution < -0.4 is 0 Å². The minimum Gasteiger partial charge on any atom is -0.292 e. The van der Waals surface area contributed by atoms with Gasteiger partial charge in [0.15, 0.2) is 17.5 Å². The van der Waals surface area contributed by atoms with Crippen LogP contribution in [0.25, 0.3) is 94.9 Å². The predicted octanol–water partition coefficient (Wildman–Crippen LogP) is 11.9. The summed E-state index contributed by atoms with van der Waals surface area (Å²) in [5.74, 6) is 2.79. The van der Waals surface area contributed by atoms with E-state index in [0.717, 1.165) is 72.1 Å². The number of benzene rings is 8. The molecule has 2 aromatic heterocycles. The van der Waals surface area contributed by atoms with Crippen LogP contribution in [0.1, 0.15) is 0 Å². The minimum atomic E-state index is 0.629. The number of hydrogen-bond acceptors (Lipinski definition) is 4. The maximum atomic E-state index is 5.24. The molecular formula is C48H31N5. The van der Waals surface area contributed by atoms with Crippen LogP contribution in [0.15, 0.2) is 188 Å². The number of nitrogens with zero attached hydrogens (tertiary/aromatic N) is 5. The third kappa shape index (κ3) is 5.34. The fourth-order valence-electron chi connectivity index (χ4n) is 7.44. The molecule has 0 spiro atoms. The molecule has 0 unspecified atom stereocenters. The molecule has 10 rings (SSSR count). The number of para-hydroxylation sites is 3. The number of aromatic nitrogens is 5. The predicted molar refractivity (Wildman–Crippen MR) is 217 cm³/mol. The van der Waals surface area contributed by atoms with Crippen LogP contribution in [0.5, 0.6) is 0 Å². The molecule has 10 aromatic rings. The van der Waals surface area contributed by atoms with E-state index >= 15 is 0 Å². The number of imidazole rings is 1. The summed E-state index contributed by atoms with van der Waals surface area (Å²) >= 11 is 0. The maximum absolute atomic E-state index is 5.24. The quantitative estimate of drug-likeness (QED) is 0.164. The van der Waals surface area contributed by atoms with Crippen molar-refractivity contribution in [3.8, 4) is 62.4 Å². The van der Waals surface area contributed by atoms with Gasteiger partial charge in [0.1, 0.15) is 5.82 Å². The van der Waals surface area contributed by atoms with Crippen LogP contribution in [0.3, 0.4) is 0 Å². The van der Waals surface area contributed by atoms with Gasteiger partial charge in [-0.3, -0.25) is 4.57 Å². The lowest BCUT2D eigenvalue weighted by molar-refractivity contribution is 1.08. The second-order valence-electron chi connectivity index (χ2n) is 13.1. The highest BCUT2D eigenvalue weighted by molar-refractivity contribution is 6.21. The van der Waals surface area contributed by atoms with Crippen molar-refractivity contribution in [2.24, 2.45) is 0 Å². The molecule has 0 aliphatic rings. The van der Waals surface area contributed by atoms with Gasteiger partial charge >= 0.3 is 0 Å². The minimum absolute atomic E-state index is 0.629. The second-order valence-corrected chi connectivity index (χ2v) is 13.1. The van der Waals surface area contributed by atoms with Gasteiger partial charge in [0.2, 0.25) is 0 Å². The largest absolute Gasteiger partial charge is 0.292 e. The molecule has 0 saturated carbocycles. The molecule has 2 heterocycles. The summed E-state index contributed by atoms with van der Waals surface area (Å²) in [7, 11) is 0. The van der Waals surface area contributed by atoms with Crippen LogP contribution in [0, 0.1) is 0 Å². The molecule has 0 saturated heterocycles. The zero-order valence-electron chi connectivity index (χ0n) is 28.6. The lowest BCUT2D eigenvalue weighted by Crippen LogP contribution is -2.02. The van der Waals surface area contributed by atoms with E-state index in [0.29, 0.717) is 17.5 Å². The van der Waals surface area contributed by atoms with Crippen LogP contribution in [-0.2, 0) is 0 Å². The van der Waals surface area contributed by atoms with Gasteiger partial charge in [-0.2, -0.15) is 0 Å². The molecular weight excluding hydrogens is 647 g/mol. The van der Waals surface area contributed by atoms with Gasteiger partial charge < -0.3 is 0 Å². The van der Waals surface area contributed by atoms with Gasteiger partial charge in [0.05, 0.1) is 11.0 Å². The summed E-state index contributed by atoms with van der Waals surface area (Å²) in [4.78, 5) is 20.6. The molecule has 5 nitrogen and oxygen atoms in total. The molecule has 0 radical (unpaired) electrons. The molecule has 8 aromatic carbocycles. The van der Waals surface area contributed by atoms with Crippen molar-refractivity contribution in [3.05, 3.63) is 188 Å². The second kappa shape index (κ2) is 12.8. The number of fused-ring (bicyclic) bond motifs is 4. The van der Waals surface area contributed by atoms with Gasteiger partial charge in [-0.1, -0.05) is 164 Å². The van der Waals surface area contributed by atoms with Gasteiger partial charge in [0.25, 0.3) is 0 Å². The fourth-order valence-corrected chi connectivity index (χ4v) is 7.44. The molecule has 53 heavy (non-hydrogen) atoms. The third-order valence-corrected chi connectivity index (χ3v) is 9.86. The Kier molecular flexibility index (Phi) is 7.40. The molecule has 0 aliphatic heterocycles. The standard InChI is InChI=1S/C48H31N5/c1-4-16-33(17-5-1)45-50-46(34-18-6-2-7-19-34)52-47(51-45)44-40-25-13-11-23-38(40)37-22-10-12-24-39(37)43(44)32-28-30-35(31-29-32)48-49-41-26-14-15-27-42(41)53(48)36-20-8-3-9-21-36/h1-31H. The van der Waals surface area contributed by atoms with Crippen molar-refractivity contribution >= 4 is 32.6 Å². The average molecular weight is 678 g/mol. The zero-order chi connectivity index (χ0) is 35.1. The summed E-state index contributed by atoms with van der Waals surface area (Å²) in [5.41, 5.74) is 9.11. The number of hydrogen-bond donors (Lipinski definition) is 0. The van der Waals surface area contributed by atoms with Crippen molar-refractivity contribution in [2.75, 3.05) is 0 Å². The van der Waals surface area contributed by atoms with Gasteiger partial charge in [-0.25, -0.2) is 19.9 Å². The Morgan fingerprint density at radius 2 is 0.755 bits per heavy atom. The smallest absolute Gasteiger partial charge is 0.165 e. The molecule has 0 bridgehead atoms. The normalized spacial score (nSPS) is 11.4. The fraction of sp³-hybridized carbons (Fsp3) is 0. The van der Waals surface area contributed by atoms with E-state index in [-0.39, 0.29) is 0 Å². The van der Waals surface area contributed by atoms with Crippen molar-refractivity contribution in [1.29, 1.82) is 0 Å². The van der Waals surface area contributed by atoms with Gasteiger partial charge in [-0.05, 0) is 51.4 Å². The average Bonchev–Trinajstić information content (AvgIpc) is 3.64. The Balaban J connectivity index is 1.23. The lowest BCUT2D eigenvalue weighted by Gasteiger charge is -2.18. The van der Waals surface area contributed by atoms with E-state index in [1.165, 1.54) is 5.39 Å². The van der Waals surface area contributed by atoms with E-state index < -0.39 is 0 Å². The Morgan fingerprint density at radius 1 is 0.302 bits per heavy atom. The van der Waals surface area contributed by atoms with E-state index in [1.807, 2.05) is 48.5 Å². The Hall–Kier alpha value is -7.24. The first-order chi connectivity index (χ1) is 26.3. The Morgan fingerprint density at radius 3 is 1.36 bits per heavy atom.